The van der Waals surface area contributed by atoms with E-state index in [1.54, 1.807) is 0 Å². The molecular weight excluding hydrogens is 260 g/mol. The summed E-state index contributed by atoms with van der Waals surface area (Å²) in [5, 5.41) is 9.36. The van der Waals surface area contributed by atoms with E-state index in [1.165, 1.54) is 10.9 Å². The molecule has 0 radical (unpaired) electrons. The fraction of sp³-hybridized carbons (Fsp3) is 0.500. The fourth-order valence-corrected chi connectivity index (χ4v) is 2.38. The van der Waals surface area contributed by atoms with Crippen LogP contribution in [0, 0.1) is 0 Å². The van der Waals surface area contributed by atoms with E-state index in [0.717, 1.165) is 0 Å². The second kappa shape index (κ2) is 3.98. The molecule has 1 aliphatic rings. The summed E-state index contributed by atoms with van der Waals surface area (Å²) in [5.41, 5.74) is 4.94. The predicted octanol–water partition coefficient (Wildman–Crippen LogP) is -0.316. The Bertz CT molecular complexity index is 684. The van der Waals surface area contributed by atoms with E-state index in [1.807, 2.05) is 0 Å². The van der Waals surface area contributed by atoms with Gasteiger partial charge in [-0.25, -0.2) is 13.8 Å². The number of nitrogen functional groups attached to an aromatic ring is 1. The van der Waals surface area contributed by atoms with Gasteiger partial charge < -0.3 is 15.4 Å². The molecule has 0 aromatic carbocycles. The summed E-state index contributed by atoms with van der Waals surface area (Å²) in [6.07, 6.45) is -4.12. The molecule has 1 aliphatic carbocycles. The number of anilines is 1. The Kier molecular flexibility index (Phi) is 2.52. The number of nitrogens with zero attached hydrogens (tertiary/aromatic N) is 3. The molecule has 4 atom stereocenters. The fourth-order valence-electron chi connectivity index (χ4n) is 2.38. The Labute approximate surface area is 105 Å². The molecule has 1 saturated carbocycles. The van der Waals surface area contributed by atoms with Gasteiger partial charge in [0.15, 0.2) is 23.5 Å². The Morgan fingerprint density at radius 2 is 2.21 bits per heavy atom. The smallest absolute Gasteiger partial charge is 0.280 e. The minimum atomic E-state index is -1.96. The molecule has 19 heavy (non-hydrogen) atoms. The van der Waals surface area contributed by atoms with Gasteiger partial charge >= 0.3 is 0 Å². The van der Waals surface area contributed by atoms with Crippen molar-refractivity contribution in [2.24, 2.45) is 0 Å². The highest BCUT2D eigenvalue weighted by Crippen LogP contribution is 2.36. The maximum Gasteiger partial charge on any atom is 0.280 e. The molecule has 102 valence electrons. The number of hydrogen-bond acceptors (Lipinski definition) is 5. The highest BCUT2D eigenvalue weighted by molar-refractivity contribution is 5.70. The number of aromatic amines is 1. The Morgan fingerprint density at radius 1 is 1.47 bits per heavy atom. The van der Waals surface area contributed by atoms with E-state index in [0.29, 0.717) is 0 Å². The zero-order chi connectivity index (χ0) is 13.7. The third kappa shape index (κ3) is 1.69. The number of halogens is 2. The normalized spacial score (nSPS) is 31.1. The maximum atomic E-state index is 13.8. The first-order chi connectivity index (χ1) is 8.99. The van der Waals surface area contributed by atoms with Crippen LogP contribution < -0.4 is 11.3 Å². The first kappa shape index (κ1) is 12.0. The molecule has 0 spiro atoms. The van der Waals surface area contributed by atoms with Gasteiger partial charge in [0.25, 0.3) is 5.56 Å². The van der Waals surface area contributed by atoms with Crippen molar-refractivity contribution in [2.45, 2.75) is 30.9 Å². The van der Waals surface area contributed by atoms with E-state index in [9.17, 15) is 18.7 Å². The van der Waals surface area contributed by atoms with Crippen LogP contribution in [-0.2, 0) is 0 Å². The monoisotopic (exact) mass is 271 g/mol. The highest BCUT2D eigenvalue weighted by atomic mass is 19.2. The Hall–Kier alpha value is -2.03. The lowest BCUT2D eigenvalue weighted by atomic mass is 10.2. The Balaban J connectivity index is 2.14. The second-order valence-corrected chi connectivity index (χ2v) is 4.53. The van der Waals surface area contributed by atoms with Crippen molar-refractivity contribution >= 4 is 17.1 Å². The average molecular weight is 271 g/mol. The minimum Gasteiger partial charge on any atom is -0.390 e. The molecule has 9 heteroatoms. The van der Waals surface area contributed by atoms with E-state index in [4.69, 9.17) is 5.73 Å². The van der Waals surface area contributed by atoms with Gasteiger partial charge in [-0.2, -0.15) is 4.98 Å². The van der Waals surface area contributed by atoms with Gasteiger partial charge in [-0.05, 0) is 0 Å². The summed E-state index contributed by atoms with van der Waals surface area (Å²) >= 11 is 0. The number of alkyl halides is 2. The van der Waals surface area contributed by atoms with Crippen LogP contribution in [0.25, 0.3) is 11.2 Å². The highest BCUT2D eigenvalue weighted by Gasteiger charge is 2.45. The van der Waals surface area contributed by atoms with Crippen molar-refractivity contribution in [1.82, 2.24) is 19.5 Å². The van der Waals surface area contributed by atoms with Gasteiger partial charge in [-0.1, -0.05) is 0 Å². The molecule has 0 bridgehead atoms. The number of aliphatic hydroxyl groups excluding tert-OH is 1. The van der Waals surface area contributed by atoms with E-state index in [2.05, 4.69) is 15.0 Å². The topological polar surface area (TPSA) is 110 Å². The summed E-state index contributed by atoms with van der Waals surface area (Å²) in [4.78, 5) is 21.5. The second-order valence-electron chi connectivity index (χ2n) is 4.53. The number of aromatic nitrogens is 4. The number of rotatable bonds is 1. The molecule has 0 aliphatic heterocycles. The number of imidazole rings is 1. The number of H-pyrrole nitrogens is 1. The molecule has 0 saturated heterocycles. The van der Waals surface area contributed by atoms with Crippen LogP contribution in [0.4, 0.5) is 14.7 Å². The van der Waals surface area contributed by atoms with Crippen LogP contribution in [0.3, 0.4) is 0 Å². The van der Waals surface area contributed by atoms with Crippen LogP contribution >= 0.6 is 0 Å². The van der Waals surface area contributed by atoms with Crippen molar-refractivity contribution in [1.29, 1.82) is 0 Å². The first-order valence-electron chi connectivity index (χ1n) is 5.67. The number of nitrogens with two attached hydrogens (primary N) is 1. The van der Waals surface area contributed by atoms with Gasteiger partial charge in [-0.3, -0.25) is 9.78 Å². The van der Waals surface area contributed by atoms with Gasteiger partial charge in [0.1, 0.15) is 0 Å². The largest absolute Gasteiger partial charge is 0.390 e. The minimum absolute atomic E-state index is 0.00167. The zero-order valence-electron chi connectivity index (χ0n) is 9.62. The van der Waals surface area contributed by atoms with E-state index in [-0.39, 0.29) is 23.5 Å². The quantitative estimate of drug-likeness (QED) is 0.658. The SMILES string of the molecule is Nc1nc2c(ncn2[C@@H]2C[C@H](O)C(F)[C@@H]2F)c(=O)[nH]1. The van der Waals surface area contributed by atoms with Crippen molar-refractivity contribution in [3.05, 3.63) is 16.7 Å². The molecule has 4 N–H and O–H groups in total. The summed E-state index contributed by atoms with van der Waals surface area (Å²) in [7, 11) is 0. The number of hydrogen-bond donors (Lipinski definition) is 3. The van der Waals surface area contributed by atoms with Crippen LogP contribution in [-0.4, -0.2) is 43.1 Å². The number of fused-ring (bicyclic) bond motifs is 1. The zero-order valence-corrected chi connectivity index (χ0v) is 9.62. The number of aliphatic hydroxyl groups is 1. The molecule has 2 heterocycles. The van der Waals surface area contributed by atoms with Crippen LogP contribution in [0.1, 0.15) is 12.5 Å². The van der Waals surface area contributed by atoms with Crippen molar-refractivity contribution < 1.29 is 13.9 Å². The van der Waals surface area contributed by atoms with Gasteiger partial charge in [0.05, 0.1) is 18.5 Å². The molecule has 2 aromatic heterocycles. The molecule has 1 fully saturated rings. The first-order valence-corrected chi connectivity index (χ1v) is 5.67. The third-order valence-electron chi connectivity index (χ3n) is 3.33. The van der Waals surface area contributed by atoms with E-state index >= 15 is 0 Å². The van der Waals surface area contributed by atoms with Gasteiger partial charge in [0, 0.05) is 6.42 Å². The molecule has 7 nitrogen and oxygen atoms in total. The Morgan fingerprint density at radius 3 is 2.84 bits per heavy atom. The van der Waals surface area contributed by atoms with E-state index < -0.39 is 30.0 Å². The van der Waals surface area contributed by atoms with Crippen LogP contribution in [0.2, 0.25) is 0 Å². The lowest BCUT2D eigenvalue weighted by molar-refractivity contribution is 0.0705. The van der Waals surface area contributed by atoms with Crippen molar-refractivity contribution in [3.8, 4) is 0 Å². The summed E-state index contributed by atoms with van der Waals surface area (Å²) in [6, 6.07) is -0.955. The molecule has 2 aromatic rings. The van der Waals surface area contributed by atoms with Gasteiger partial charge in [-0.15, -0.1) is 0 Å². The maximum absolute atomic E-state index is 13.8. The third-order valence-corrected chi connectivity index (χ3v) is 3.33. The van der Waals surface area contributed by atoms with Crippen molar-refractivity contribution in [3.63, 3.8) is 0 Å². The lowest BCUT2D eigenvalue weighted by Crippen LogP contribution is -2.24. The standard InChI is InChI=1S/C10H11F2N5O2/c11-5-3(1-4(18)6(5)12)17-2-14-7-8(17)15-10(13)16-9(7)19/h2-6,18H,1H2,(H3,13,15,16,19)/t3-,4+,5-,6?/m1/s1. The molecule has 0 amide bonds. The summed E-state index contributed by atoms with van der Waals surface area (Å²) < 4.78 is 28.4. The molecular formula is C10H11F2N5O2. The van der Waals surface area contributed by atoms with Crippen molar-refractivity contribution in [2.75, 3.05) is 5.73 Å². The number of nitrogens with one attached hydrogen (secondary N) is 1. The predicted molar refractivity (Wildman–Crippen MR) is 62.0 cm³/mol. The van der Waals surface area contributed by atoms with Crippen LogP contribution in [0.15, 0.2) is 11.1 Å². The molecule has 1 unspecified atom stereocenters. The van der Waals surface area contributed by atoms with Crippen LogP contribution in [0.5, 0.6) is 0 Å². The molecule has 3 rings (SSSR count). The van der Waals surface area contributed by atoms with Gasteiger partial charge in [0.2, 0.25) is 5.95 Å². The lowest BCUT2D eigenvalue weighted by Gasteiger charge is -2.14. The summed E-state index contributed by atoms with van der Waals surface area (Å²) in [6.45, 7) is 0. The average Bonchev–Trinajstić information content (AvgIpc) is 2.86. The summed E-state index contributed by atoms with van der Waals surface area (Å²) in [5.74, 6) is -0.134.